The van der Waals surface area contributed by atoms with E-state index in [4.69, 9.17) is 15.2 Å². The summed E-state index contributed by atoms with van der Waals surface area (Å²) < 4.78 is 10.7. The molecule has 3 N–H and O–H groups in total. The Bertz CT molecular complexity index is 467. The van der Waals surface area contributed by atoms with Crippen molar-refractivity contribution in [3.8, 4) is 11.5 Å². The lowest BCUT2D eigenvalue weighted by molar-refractivity contribution is -0.00197. The minimum atomic E-state index is 0.0893. The van der Waals surface area contributed by atoms with Crippen molar-refractivity contribution in [2.24, 2.45) is 5.73 Å². The molecule has 1 fully saturated rings. The molecular weight excluding hydrogens is 268 g/mol. The summed E-state index contributed by atoms with van der Waals surface area (Å²) in [5.41, 5.74) is 6.81. The minimum absolute atomic E-state index is 0.0893. The molecule has 1 saturated heterocycles. The molecule has 1 aromatic carbocycles. The number of methoxy groups -OCH3 is 2. The van der Waals surface area contributed by atoms with Gasteiger partial charge in [0.15, 0.2) is 0 Å². The SMILES string of the molecule is COc1ccc(O)c(C(C)N2CCC(OC)CC2CN)c1. The number of aromatic hydroxyl groups is 1. The lowest BCUT2D eigenvalue weighted by atomic mass is 9.94. The number of hydrogen-bond donors (Lipinski definition) is 2. The number of phenolic OH excluding ortho intramolecular Hbond substituents is 1. The highest BCUT2D eigenvalue weighted by Gasteiger charge is 2.32. The number of nitrogens with two attached hydrogens (primary N) is 1. The summed E-state index contributed by atoms with van der Waals surface area (Å²) in [5, 5.41) is 10.2. The molecule has 118 valence electrons. The Labute approximate surface area is 126 Å². The van der Waals surface area contributed by atoms with E-state index in [2.05, 4.69) is 11.8 Å². The van der Waals surface area contributed by atoms with Gasteiger partial charge in [-0.1, -0.05) is 0 Å². The molecule has 1 aliphatic heterocycles. The van der Waals surface area contributed by atoms with Crippen molar-refractivity contribution in [2.75, 3.05) is 27.3 Å². The third kappa shape index (κ3) is 3.48. The van der Waals surface area contributed by atoms with Crippen molar-refractivity contribution in [1.29, 1.82) is 0 Å². The maximum Gasteiger partial charge on any atom is 0.120 e. The molecule has 1 heterocycles. The Morgan fingerprint density at radius 3 is 2.81 bits per heavy atom. The quantitative estimate of drug-likeness (QED) is 0.868. The largest absolute Gasteiger partial charge is 0.508 e. The first-order valence-electron chi connectivity index (χ1n) is 7.46. The summed E-state index contributed by atoms with van der Waals surface area (Å²) in [4.78, 5) is 2.35. The number of likely N-dealkylation sites (tertiary alicyclic amines) is 1. The first kappa shape index (κ1) is 16.1. The fourth-order valence-electron chi connectivity index (χ4n) is 3.16. The van der Waals surface area contributed by atoms with Gasteiger partial charge in [0.25, 0.3) is 0 Å². The highest BCUT2D eigenvalue weighted by atomic mass is 16.5. The first-order valence-corrected chi connectivity index (χ1v) is 7.46. The Morgan fingerprint density at radius 2 is 2.19 bits per heavy atom. The summed E-state index contributed by atoms with van der Waals surface area (Å²) in [6.07, 6.45) is 2.20. The van der Waals surface area contributed by atoms with Gasteiger partial charge >= 0.3 is 0 Å². The van der Waals surface area contributed by atoms with Gasteiger partial charge in [-0.05, 0) is 38.0 Å². The topological polar surface area (TPSA) is 68.0 Å². The smallest absolute Gasteiger partial charge is 0.120 e. The first-order chi connectivity index (χ1) is 10.1. The molecule has 0 spiro atoms. The maximum absolute atomic E-state index is 10.2. The van der Waals surface area contributed by atoms with E-state index in [1.165, 1.54) is 0 Å². The van der Waals surface area contributed by atoms with Gasteiger partial charge in [-0.15, -0.1) is 0 Å². The van der Waals surface area contributed by atoms with Crippen molar-refractivity contribution in [3.05, 3.63) is 23.8 Å². The van der Waals surface area contributed by atoms with Gasteiger partial charge in [-0.3, -0.25) is 4.90 Å². The van der Waals surface area contributed by atoms with E-state index < -0.39 is 0 Å². The van der Waals surface area contributed by atoms with E-state index in [9.17, 15) is 5.11 Å². The summed E-state index contributed by atoms with van der Waals surface area (Å²) in [6.45, 7) is 3.61. The van der Waals surface area contributed by atoms with Gasteiger partial charge in [0.05, 0.1) is 13.2 Å². The Hall–Kier alpha value is -1.30. The fraction of sp³-hybridized carbons (Fsp3) is 0.625. The van der Waals surface area contributed by atoms with Crippen LogP contribution in [-0.4, -0.2) is 49.5 Å². The van der Waals surface area contributed by atoms with Crippen LogP contribution in [0.2, 0.25) is 0 Å². The van der Waals surface area contributed by atoms with Crippen LogP contribution >= 0.6 is 0 Å². The second kappa shape index (κ2) is 7.11. The van der Waals surface area contributed by atoms with Crippen LogP contribution in [0.15, 0.2) is 18.2 Å². The van der Waals surface area contributed by atoms with Crippen LogP contribution in [0.4, 0.5) is 0 Å². The molecule has 5 nitrogen and oxygen atoms in total. The van der Waals surface area contributed by atoms with Crippen molar-refractivity contribution < 1.29 is 14.6 Å². The molecule has 0 aliphatic carbocycles. The third-order valence-electron chi connectivity index (χ3n) is 4.50. The summed E-state index contributed by atoms with van der Waals surface area (Å²) >= 11 is 0. The molecule has 21 heavy (non-hydrogen) atoms. The second-order valence-corrected chi connectivity index (χ2v) is 5.61. The highest BCUT2D eigenvalue weighted by Crippen LogP contribution is 2.35. The third-order valence-corrected chi connectivity index (χ3v) is 4.50. The highest BCUT2D eigenvalue weighted by molar-refractivity contribution is 5.41. The predicted molar refractivity (Wildman–Crippen MR) is 82.7 cm³/mol. The maximum atomic E-state index is 10.2. The zero-order chi connectivity index (χ0) is 15.4. The van der Waals surface area contributed by atoms with E-state index in [1.807, 2.05) is 6.07 Å². The standard InChI is InChI=1S/C16H26N2O3/c1-11(15-9-13(20-2)4-5-16(15)19)18-7-6-14(21-3)8-12(18)10-17/h4-5,9,11-12,14,19H,6-8,10,17H2,1-3H3. The van der Waals surface area contributed by atoms with E-state index in [-0.39, 0.29) is 18.2 Å². The Balaban J connectivity index is 2.20. The number of piperidine rings is 1. The molecule has 1 aromatic rings. The molecule has 3 unspecified atom stereocenters. The van der Waals surface area contributed by atoms with Crippen molar-refractivity contribution in [1.82, 2.24) is 4.90 Å². The van der Waals surface area contributed by atoms with Crippen LogP contribution in [0, 0.1) is 0 Å². The van der Waals surface area contributed by atoms with E-state index in [1.54, 1.807) is 26.4 Å². The summed E-state index contributed by atoms with van der Waals surface area (Å²) in [6, 6.07) is 5.71. The van der Waals surface area contributed by atoms with Crippen molar-refractivity contribution >= 4 is 0 Å². The van der Waals surface area contributed by atoms with E-state index in [0.717, 1.165) is 30.7 Å². The molecule has 5 heteroatoms. The van der Waals surface area contributed by atoms with Crippen LogP contribution in [-0.2, 0) is 4.74 Å². The Kier molecular flexibility index (Phi) is 5.45. The second-order valence-electron chi connectivity index (χ2n) is 5.61. The zero-order valence-corrected chi connectivity index (χ0v) is 13.1. The molecular formula is C16H26N2O3. The number of ether oxygens (including phenoxy) is 2. The number of benzene rings is 1. The van der Waals surface area contributed by atoms with Crippen LogP contribution in [0.1, 0.15) is 31.4 Å². The zero-order valence-electron chi connectivity index (χ0n) is 13.1. The summed E-state index contributed by atoms with van der Waals surface area (Å²) in [5.74, 6) is 1.05. The van der Waals surface area contributed by atoms with Crippen LogP contribution < -0.4 is 10.5 Å². The van der Waals surface area contributed by atoms with E-state index in [0.29, 0.717) is 12.3 Å². The van der Waals surface area contributed by atoms with Gasteiger partial charge in [0.2, 0.25) is 0 Å². The van der Waals surface area contributed by atoms with Gasteiger partial charge in [-0.25, -0.2) is 0 Å². The lowest BCUT2D eigenvalue weighted by Gasteiger charge is -2.42. The molecule has 3 atom stereocenters. The van der Waals surface area contributed by atoms with E-state index >= 15 is 0 Å². The van der Waals surface area contributed by atoms with Crippen LogP contribution in [0.5, 0.6) is 11.5 Å². The molecule has 0 saturated carbocycles. The average Bonchev–Trinajstić information content (AvgIpc) is 2.54. The van der Waals surface area contributed by atoms with Gasteiger partial charge in [0, 0.05) is 37.8 Å². The van der Waals surface area contributed by atoms with Gasteiger partial charge < -0.3 is 20.3 Å². The predicted octanol–water partition coefficient (Wildman–Crippen LogP) is 1.90. The number of hydrogen-bond acceptors (Lipinski definition) is 5. The van der Waals surface area contributed by atoms with Crippen molar-refractivity contribution in [3.63, 3.8) is 0 Å². The van der Waals surface area contributed by atoms with Crippen molar-refractivity contribution in [2.45, 2.75) is 38.0 Å². The Morgan fingerprint density at radius 1 is 1.43 bits per heavy atom. The monoisotopic (exact) mass is 294 g/mol. The molecule has 2 rings (SSSR count). The number of phenols is 1. The van der Waals surface area contributed by atoms with Crippen LogP contribution in [0.3, 0.4) is 0 Å². The van der Waals surface area contributed by atoms with Gasteiger partial charge in [-0.2, -0.15) is 0 Å². The molecule has 1 aliphatic rings. The fourth-order valence-corrected chi connectivity index (χ4v) is 3.16. The normalized spacial score (nSPS) is 24.8. The molecule has 0 bridgehead atoms. The minimum Gasteiger partial charge on any atom is -0.508 e. The number of rotatable bonds is 5. The number of nitrogens with zero attached hydrogens (tertiary/aromatic N) is 1. The average molecular weight is 294 g/mol. The van der Waals surface area contributed by atoms with Gasteiger partial charge in [0.1, 0.15) is 11.5 Å². The molecule has 0 radical (unpaired) electrons. The summed E-state index contributed by atoms with van der Waals surface area (Å²) in [7, 11) is 3.39. The molecule has 0 aromatic heterocycles. The molecule has 0 amide bonds. The lowest BCUT2D eigenvalue weighted by Crippen LogP contribution is -2.49. The van der Waals surface area contributed by atoms with Crippen LogP contribution in [0.25, 0.3) is 0 Å².